The van der Waals surface area contributed by atoms with Crippen LogP contribution in [0.3, 0.4) is 0 Å². The molecule has 4 aromatic carbocycles. The Bertz CT molecular complexity index is 943. The quantitative estimate of drug-likeness (QED) is 0.0910. The van der Waals surface area contributed by atoms with Gasteiger partial charge in [-0.1, -0.05) is 72.8 Å². The maximum Gasteiger partial charge on any atom is 0.157 e. The molecule has 0 aliphatic rings. The van der Waals surface area contributed by atoms with Crippen molar-refractivity contribution in [2.24, 2.45) is 0 Å². The van der Waals surface area contributed by atoms with E-state index >= 15 is 0 Å². The van der Waals surface area contributed by atoms with Gasteiger partial charge < -0.3 is 12.2 Å². The Hall–Kier alpha value is 0.212. The molecule has 0 bridgehead atoms. The first-order valence-electron chi connectivity index (χ1n) is 9.68. The van der Waals surface area contributed by atoms with Gasteiger partial charge in [-0.2, -0.15) is 0 Å². The van der Waals surface area contributed by atoms with E-state index in [1.54, 1.807) is 0 Å². The fourth-order valence-electron chi connectivity index (χ4n) is 3.52. The molecule has 0 radical (unpaired) electrons. The first-order chi connectivity index (χ1) is 15.2. The molecule has 0 fully saturated rings. The molecule has 0 spiro atoms. The molecule has 0 aliphatic carbocycles. The van der Waals surface area contributed by atoms with Crippen LogP contribution in [0.2, 0.25) is 0 Å². The topological polar surface area (TPSA) is 0 Å². The van der Waals surface area contributed by atoms with E-state index in [1.165, 1.54) is 21.2 Å². The Balaban J connectivity index is 0.000000858. The Morgan fingerprint density at radius 2 is 0.871 bits per heavy atom. The summed E-state index contributed by atoms with van der Waals surface area (Å²) in [5, 5.41) is 5.48. The van der Waals surface area contributed by atoms with Gasteiger partial charge in [0.2, 0.25) is 0 Å². The number of hydrogen-bond acceptors (Lipinski definition) is 1. The van der Waals surface area contributed by atoms with Crippen LogP contribution in [0.5, 0.6) is 0 Å². The molecule has 0 saturated carbocycles. The molecule has 0 heterocycles. The summed E-state index contributed by atoms with van der Waals surface area (Å²) in [5.41, 5.74) is 0. The van der Waals surface area contributed by atoms with Gasteiger partial charge in [0.05, 0.1) is 10.6 Å². The molecule has 0 aromatic heterocycles. The normalized spacial score (nSPS) is 11.1. The first kappa shape index (κ1) is 25.8. The van der Waals surface area contributed by atoms with Crippen LogP contribution >= 0.6 is 53.4 Å². The minimum atomic E-state index is -1.93. The Labute approximate surface area is 222 Å². The van der Waals surface area contributed by atoms with Crippen molar-refractivity contribution in [3.63, 3.8) is 0 Å². The predicted molar refractivity (Wildman–Crippen MR) is 160 cm³/mol. The minimum absolute atomic E-state index is 0.890. The smallest absolute Gasteiger partial charge is 0.157 e. The van der Waals surface area contributed by atoms with Gasteiger partial charge in [-0.15, -0.1) is 0 Å². The minimum Gasteiger partial charge on any atom is -0.542 e. The van der Waals surface area contributed by atoms with E-state index in [0.717, 1.165) is 16.7 Å². The number of hydrogen-bond donors (Lipinski definition) is 0. The number of rotatable bonds is 6. The van der Waals surface area contributed by atoms with Crippen LogP contribution in [0.1, 0.15) is 0 Å². The van der Waals surface area contributed by atoms with Crippen LogP contribution in [-0.4, -0.2) is 5.90 Å². The van der Waals surface area contributed by atoms with E-state index in [0.29, 0.717) is 0 Å². The maximum absolute atomic E-state index is 6.55. The molecule has 0 nitrogen and oxygen atoms in total. The fraction of sp³-hybridized carbons (Fsp3) is 0.0400. The van der Waals surface area contributed by atoms with Crippen molar-refractivity contribution in [1.82, 2.24) is 0 Å². The van der Waals surface area contributed by atoms with E-state index in [2.05, 4.69) is 160 Å². The Kier molecular flexibility index (Phi) is 11.5. The zero-order valence-corrected chi connectivity index (χ0v) is 25.3. The van der Waals surface area contributed by atoms with Crippen LogP contribution in [-0.2, 0) is 23.0 Å². The summed E-state index contributed by atoms with van der Waals surface area (Å²) >= 11 is 11.2. The van der Waals surface area contributed by atoms with Gasteiger partial charge in [-0.05, 0) is 55.0 Å². The van der Waals surface area contributed by atoms with E-state index in [9.17, 15) is 0 Å². The standard InChI is InChI=1S/C25H22P2S.2HI.Pd/c28-27(24-17-9-3-10-18-24,25-19-11-4-12-20-25)21-26(22-13-5-1-6-14-22)23-15-7-2-8-16-23;;;/h1-20H,21H2;2*1H;/q;;;+2/p-1. The molecule has 162 valence electrons. The monoisotopic (exact) mass is 777 g/mol. The predicted octanol–water partition coefficient (Wildman–Crippen LogP) is 6.71. The van der Waals surface area contributed by atoms with Crippen LogP contribution in [0.4, 0.5) is 0 Å². The summed E-state index contributed by atoms with van der Waals surface area (Å²) < 4.78 is 0. The van der Waals surface area contributed by atoms with E-state index in [-0.39, 0.29) is 0 Å². The van der Waals surface area contributed by atoms with Gasteiger partial charge in [0.25, 0.3) is 0 Å². The molecule has 0 atom stereocenters. The molecular formula is C25H23I2P2PdS+. The van der Waals surface area contributed by atoms with E-state index in [4.69, 9.17) is 12.2 Å². The van der Waals surface area contributed by atoms with E-state index in [1.807, 2.05) is 0 Å². The number of halogens is 2. The third-order valence-electron chi connectivity index (χ3n) is 4.97. The second-order valence-corrected chi connectivity index (χ2v) is 26.6. The molecule has 0 aliphatic heterocycles. The van der Waals surface area contributed by atoms with Crippen molar-refractivity contribution in [3.8, 4) is 0 Å². The Morgan fingerprint density at radius 1 is 0.581 bits per heavy atom. The third-order valence-corrected chi connectivity index (χ3v) is 14.8. The van der Waals surface area contributed by atoms with Crippen molar-refractivity contribution < 1.29 is 10.8 Å². The van der Waals surface area contributed by atoms with Gasteiger partial charge in [0.1, 0.15) is 18.5 Å². The van der Waals surface area contributed by atoms with Crippen molar-refractivity contribution >= 4 is 86.9 Å². The molecule has 4 aromatic rings. The van der Waals surface area contributed by atoms with Gasteiger partial charge in [0, 0.05) is 0 Å². The van der Waals surface area contributed by atoms with Crippen molar-refractivity contribution in [2.75, 3.05) is 5.90 Å². The van der Waals surface area contributed by atoms with Gasteiger partial charge in [0.15, 0.2) is 5.90 Å². The van der Waals surface area contributed by atoms with Gasteiger partial charge in [-0.25, -0.2) is 0 Å². The average molecular weight is 778 g/mol. The van der Waals surface area contributed by atoms with Gasteiger partial charge >= 0.3 is 49.8 Å². The second-order valence-electron chi connectivity index (χ2n) is 6.82. The molecular weight excluding hydrogens is 755 g/mol. The Morgan fingerprint density at radius 3 is 1.19 bits per heavy atom. The number of benzene rings is 4. The summed E-state index contributed by atoms with van der Waals surface area (Å²) in [5.74, 6) is 1.04. The second kappa shape index (κ2) is 13.8. The van der Waals surface area contributed by atoms with Gasteiger partial charge in [-0.3, -0.25) is 0 Å². The molecule has 0 unspecified atom stereocenters. The van der Waals surface area contributed by atoms with Crippen LogP contribution in [0.25, 0.3) is 0 Å². The molecule has 31 heavy (non-hydrogen) atoms. The van der Waals surface area contributed by atoms with Crippen molar-refractivity contribution in [2.45, 2.75) is 0 Å². The van der Waals surface area contributed by atoms with Crippen LogP contribution in [0.15, 0.2) is 121 Å². The third kappa shape index (κ3) is 7.35. The first-order valence-corrected chi connectivity index (χ1v) is 23.6. The molecule has 0 N–H and O–H groups in total. The van der Waals surface area contributed by atoms with Crippen LogP contribution < -0.4 is 21.2 Å². The molecule has 0 saturated heterocycles. The summed E-state index contributed by atoms with van der Waals surface area (Å²) in [6, 6.07) is 43.4. The maximum atomic E-state index is 6.55. The molecule has 6 heteroatoms. The average Bonchev–Trinajstić information content (AvgIpc) is 2.85. The van der Waals surface area contributed by atoms with Crippen molar-refractivity contribution in [1.29, 1.82) is 0 Å². The van der Waals surface area contributed by atoms with E-state index < -0.39 is 14.4 Å². The SMILES string of the molecule is [I][Pd][I].[S-][P+](C[PH+](c1ccccc1)c1ccccc1)(c1ccccc1)c1ccccc1. The summed E-state index contributed by atoms with van der Waals surface area (Å²) in [4.78, 5) is 0. The fourth-order valence-corrected chi connectivity index (χ4v) is 13.2. The van der Waals surface area contributed by atoms with Crippen molar-refractivity contribution in [3.05, 3.63) is 121 Å². The zero-order chi connectivity index (χ0) is 21.9. The summed E-state index contributed by atoms with van der Waals surface area (Å²) in [6.45, 7) is -1.93. The van der Waals surface area contributed by atoms with Crippen LogP contribution in [0, 0.1) is 0 Å². The summed E-state index contributed by atoms with van der Waals surface area (Å²) in [6.07, 6.45) is 0. The molecule has 4 rings (SSSR count). The zero-order valence-electron chi connectivity index (χ0n) is 16.7. The molecule has 0 amide bonds. The largest absolute Gasteiger partial charge is 0.542 e. The summed E-state index contributed by atoms with van der Waals surface area (Å²) in [7, 11) is -0.115.